The van der Waals surface area contributed by atoms with Crippen LogP contribution in [0.3, 0.4) is 0 Å². The predicted octanol–water partition coefficient (Wildman–Crippen LogP) is 4.24. The molecule has 29 heavy (non-hydrogen) atoms. The summed E-state index contributed by atoms with van der Waals surface area (Å²) < 4.78 is 12.2. The number of aromatic nitrogens is 4. The standard InChI is InChI=1S/C22H23N4O2P/c1-13-14(2)25-26-21(13)20(27)10-15-9-17-11-19(24-22(17)23-12-15)16-5-7-18(8-6-16)29(3,4)28/h5-9,11-12H,10H2,1-4H3,(H,23,24)(H,25,26). The minimum Gasteiger partial charge on any atom is -0.339 e. The molecule has 6 nitrogen and oxygen atoms in total. The maximum atomic E-state index is 12.6. The molecule has 7 heteroatoms. The van der Waals surface area contributed by atoms with Crippen molar-refractivity contribution in [3.63, 3.8) is 0 Å². The van der Waals surface area contributed by atoms with Crippen molar-refractivity contribution >= 4 is 29.3 Å². The van der Waals surface area contributed by atoms with Crippen molar-refractivity contribution < 1.29 is 9.36 Å². The van der Waals surface area contributed by atoms with Gasteiger partial charge in [0, 0.05) is 40.3 Å². The highest BCUT2D eigenvalue weighted by atomic mass is 31.2. The van der Waals surface area contributed by atoms with Crippen molar-refractivity contribution in [2.45, 2.75) is 20.3 Å². The van der Waals surface area contributed by atoms with Crippen molar-refractivity contribution in [2.75, 3.05) is 13.3 Å². The summed E-state index contributed by atoms with van der Waals surface area (Å²) in [7, 11) is -2.27. The summed E-state index contributed by atoms with van der Waals surface area (Å²) in [5.74, 6) is -0.0251. The molecule has 0 unspecified atom stereocenters. The molecule has 4 rings (SSSR count). The number of rotatable bonds is 5. The Morgan fingerprint density at radius 2 is 1.83 bits per heavy atom. The summed E-state index contributed by atoms with van der Waals surface area (Å²) in [5, 5.41) is 8.79. The molecule has 0 saturated heterocycles. The van der Waals surface area contributed by atoms with E-state index in [1.54, 1.807) is 19.5 Å². The molecule has 0 radical (unpaired) electrons. The normalized spacial score (nSPS) is 11.9. The van der Waals surface area contributed by atoms with Crippen LogP contribution in [0.4, 0.5) is 0 Å². The maximum Gasteiger partial charge on any atom is 0.187 e. The van der Waals surface area contributed by atoms with E-state index < -0.39 is 7.14 Å². The van der Waals surface area contributed by atoms with Gasteiger partial charge in [0.1, 0.15) is 18.5 Å². The van der Waals surface area contributed by atoms with Gasteiger partial charge in [-0.25, -0.2) is 4.98 Å². The number of carbonyl (C=O) groups excluding carboxylic acids is 1. The largest absolute Gasteiger partial charge is 0.339 e. The first-order chi connectivity index (χ1) is 13.7. The third-order valence-electron chi connectivity index (χ3n) is 5.21. The molecule has 4 aromatic rings. The lowest BCUT2D eigenvalue weighted by Crippen LogP contribution is -2.06. The fourth-order valence-corrected chi connectivity index (χ4v) is 4.21. The van der Waals surface area contributed by atoms with Gasteiger partial charge in [-0.3, -0.25) is 9.89 Å². The van der Waals surface area contributed by atoms with Crippen molar-refractivity contribution in [2.24, 2.45) is 0 Å². The summed E-state index contributed by atoms with van der Waals surface area (Å²) in [6.07, 6.45) is 1.98. The highest BCUT2D eigenvalue weighted by molar-refractivity contribution is 7.70. The first-order valence-corrected chi connectivity index (χ1v) is 12.0. The van der Waals surface area contributed by atoms with Gasteiger partial charge in [-0.05, 0) is 50.4 Å². The average molecular weight is 406 g/mol. The predicted molar refractivity (Wildman–Crippen MR) is 117 cm³/mol. The number of hydrogen-bond acceptors (Lipinski definition) is 4. The Morgan fingerprint density at radius 3 is 2.45 bits per heavy atom. The molecule has 0 amide bonds. The fourth-order valence-electron chi connectivity index (χ4n) is 3.34. The smallest absolute Gasteiger partial charge is 0.187 e. The number of benzene rings is 1. The maximum absolute atomic E-state index is 12.6. The second kappa shape index (κ2) is 7.12. The number of ketones is 1. The van der Waals surface area contributed by atoms with Crippen LogP contribution in [0.5, 0.6) is 0 Å². The zero-order valence-corrected chi connectivity index (χ0v) is 17.8. The molecule has 0 saturated carbocycles. The summed E-state index contributed by atoms with van der Waals surface area (Å²) in [4.78, 5) is 20.4. The van der Waals surface area contributed by atoms with Gasteiger partial charge in [-0.2, -0.15) is 5.10 Å². The van der Waals surface area contributed by atoms with Crippen LogP contribution in [0.2, 0.25) is 0 Å². The van der Waals surface area contributed by atoms with Gasteiger partial charge in [0.15, 0.2) is 5.78 Å². The molecule has 0 atom stereocenters. The van der Waals surface area contributed by atoms with Crippen LogP contribution < -0.4 is 5.30 Å². The number of pyridine rings is 1. The highest BCUT2D eigenvalue weighted by Crippen LogP contribution is 2.35. The Bertz CT molecular complexity index is 1260. The van der Waals surface area contributed by atoms with E-state index in [0.717, 1.165) is 44.4 Å². The molecule has 0 spiro atoms. The van der Waals surface area contributed by atoms with Crippen LogP contribution >= 0.6 is 7.14 Å². The molecule has 3 heterocycles. The van der Waals surface area contributed by atoms with Crippen molar-refractivity contribution in [3.05, 3.63) is 65.1 Å². The number of H-pyrrole nitrogens is 2. The summed E-state index contributed by atoms with van der Waals surface area (Å²) in [6.45, 7) is 7.33. The highest BCUT2D eigenvalue weighted by Gasteiger charge is 2.16. The number of hydrogen-bond donors (Lipinski definition) is 2. The van der Waals surface area contributed by atoms with Gasteiger partial charge in [-0.1, -0.05) is 24.3 Å². The molecule has 2 N–H and O–H groups in total. The van der Waals surface area contributed by atoms with Crippen molar-refractivity contribution in [1.82, 2.24) is 20.2 Å². The summed E-state index contributed by atoms with van der Waals surface area (Å²) in [6, 6.07) is 11.8. The Balaban J connectivity index is 1.60. The Hall–Kier alpha value is -2.98. The van der Waals surface area contributed by atoms with E-state index in [1.807, 2.05) is 50.2 Å². The SMILES string of the molecule is Cc1[nH]nc(C(=O)Cc2cnc3[nH]c(-c4ccc(P(C)(C)=O)cc4)cc3c2)c1C. The summed E-state index contributed by atoms with van der Waals surface area (Å²) >= 11 is 0. The Morgan fingerprint density at radius 1 is 1.10 bits per heavy atom. The molecular weight excluding hydrogens is 383 g/mol. The molecule has 3 aromatic heterocycles. The molecule has 0 fully saturated rings. The lowest BCUT2D eigenvalue weighted by Gasteiger charge is -2.07. The number of aryl methyl sites for hydroxylation is 1. The molecule has 0 aliphatic carbocycles. The first-order valence-electron chi connectivity index (χ1n) is 9.41. The number of nitrogens with one attached hydrogen (secondary N) is 2. The van der Waals surface area contributed by atoms with Crippen LogP contribution in [0.15, 0.2) is 42.6 Å². The van der Waals surface area contributed by atoms with Crippen LogP contribution in [-0.4, -0.2) is 39.3 Å². The van der Waals surface area contributed by atoms with Crippen molar-refractivity contribution in [1.29, 1.82) is 0 Å². The van der Waals surface area contributed by atoms with Gasteiger partial charge in [0.25, 0.3) is 0 Å². The Kier molecular flexibility index (Phi) is 4.75. The molecule has 148 valence electrons. The monoisotopic (exact) mass is 406 g/mol. The third kappa shape index (κ3) is 3.81. The third-order valence-corrected chi connectivity index (χ3v) is 6.75. The van der Waals surface area contributed by atoms with E-state index in [1.165, 1.54) is 0 Å². The van der Waals surface area contributed by atoms with E-state index in [9.17, 15) is 9.36 Å². The number of Topliss-reactive ketones (excluding diaryl/α,β-unsaturated/α-hetero) is 1. The van der Waals surface area contributed by atoms with Gasteiger partial charge in [-0.15, -0.1) is 0 Å². The number of nitrogens with zero attached hydrogens (tertiary/aromatic N) is 2. The molecule has 0 aliphatic rings. The van der Waals surface area contributed by atoms with Gasteiger partial charge in [0.05, 0.1) is 0 Å². The Labute approximate surface area is 169 Å². The van der Waals surface area contributed by atoms with E-state index in [2.05, 4.69) is 20.2 Å². The zero-order valence-electron chi connectivity index (χ0n) is 16.9. The van der Waals surface area contributed by atoms with Gasteiger partial charge < -0.3 is 9.55 Å². The molecule has 0 aliphatic heterocycles. The van der Waals surface area contributed by atoms with E-state index >= 15 is 0 Å². The topological polar surface area (TPSA) is 91.5 Å². The minimum atomic E-state index is -2.27. The summed E-state index contributed by atoms with van der Waals surface area (Å²) in [5.41, 5.74) is 5.83. The van der Waals surface area contributed by atoms with Crippen LogP contribution in [0, 0.1) is 13.8 Å². The number of fused-ring (bicyclic) bond motifs is 1. The van der Waals surface area contributed by atoms with Crippen molar-refractivity contribution in [3.8, 4) is 11.3 Å². The lowest BCUT2D eigenvalue weighted by atomic mass is 10.0. The molecular formula is C22H23N4O2P. The second-order valence-corrected chi connectivity index (χ2v) is 11.0. The lowest BCUT2D eigenvalue weighted by molar-refractivity contribution is 0.0987. The van der Waals surface area contributed by atoms with Crippen LogP contribution in [0.1, 0.15) is 27.3 Å². The number of carbonyl (C=O) groups is 1. The van der Waals surface area contributed by atoms with E-state index in [-0.39, 0.29) is 12.2 Å². The molecule has 1 aromatic carbocycles. The second-order valence-electron chi connectivity index (χ2n) is 7.78. The van der Waals surface area contributed by atoms with Crippen LogP contribution in [-0.2, 0) is 11.0 Å². The quantitative estimate of drug-likeness (QED) is 0.383. The van der Waals surface area contributed by atoms with E-state index in [4.69, 9.17) is 0 Å². The molecule has 0 bridgehead atoms. The van der Waals surface area contributed by atoms with E-state index in [0.29, 0.717) is 5.69 Å². The minimum absolute atomic E-state index is 0.0251. The first kappa shape index (κ1) is 19.3. The zero-order chi connectivity index (χ0) is 20.8. The van der Waals surface area contributed by atoms with Crippen LogP contribution in [0.25, 0.3) is 22.3 Å². The fraction of sp³-hybridized carbons (Fsp3) is 0.227. The average Bonchev–Trinajstić information content (AvgIpc) is 3.24. The van der Waals surface area contributed by atoms with Gasteiger partial charge >= 0.3 is 0 Å². The number of aromatic amines is 2. The van der Waals surface area contributed by atoms with Gasteiger partial charge in [0.2, 0.25) is 0 Å².